The third-order valence-corrected chi connectivity index (χ3v) is 7.95. The van der Waals surface area contributed by atoms with Crippen LogP contribution in [-0.2, 0) is 14.2 Å². The van der Waals surface area contributed by atoms with E-state index in [1.54, 1.807) is 7.11 Å². The lowest BCUT2D eigenvalue weighted by molar-refractivity contribution is -0.0629. The van der Waals surface area contributed by atoms with E-state index in [-0.39, 0.29) is 41.3 Å². The number of anilines is 1. The number of likely N-dealkylation sites (tertiary alicyclic amines) is 1. The molecule has 0 aromatic carbocycles. The van der Waals surface area contributed by atoms with Crippen LogP contribution in [0.4, 0.5) is 10.6 Å². The van der Waals surface area contributed by atoms with Crippen LogP contribution in [0.1, 0.15) is 51.6 Å². The lowest BCUT2D eigenvalue weighted by Crippen LogP contribution is -2.56. The van der Waals surface area contributed by atoms with Gasteiger partial charge < -0.3 is 29.5 Å². The molecule has 1 aromatic heterocycles. The monoisotopic (exact) mass is 457 g/mol. The van der Waals surface area contributed by atoms with Gasteiger partial charge in [-0.25, -0.2) is 9.78 Å². The summed E-state index contributed by atoms with van der Waals surface area (Å²) in [5.41, 5.74) is 1.91. The van der Waals surface area contributed by atoms with E-state index in [0.29, 0.717) is 13.1 Å². The Morgan fingerprint density at radius 1 is 1.39 bits per heavy atom. The van der Waals surface area contributed by atoms with Gasteiger partial charge in [0, 0.05) is 37.7 Å². The number of nitrogens with zero attached hydrogens (tertiary/aromatic N) is 2. The number of methoxy groups -OCH3 is 1. The fourth-order valence-electron chi connectivity index (χ4n) is 5.98. The first-order valence-electron chi connectivity index (χ1n) is 11.9. The molecule has 2 N–H and O–H groups in total. The van der Waals surface area contributed by atoms with E-state index < -0.39 is 6.09 Å². The zero-order valence-corrected chi connectivity index (χ0v) is 19.9. The Labute approximate surface area is 195 Å². The summed E-state index contributed by atoms with van der Waals surface area (Å²) >= 11 is 0. The largest absolute Gasteiger partial charge is 0.465 e. The highest BCUT2D eigenvalue weighted by atomic mass is 16.6. The standard InChI is InChI=1S/C25H35N3O5/c1-15(2)8-9-19-24(3,33-19)22-21(31-4)17(10-11-25(22)14-32-25)18-6-5-7-20(27-18)26-16-12-28(13-16)23(29)30/h5-8,16-17,19,21-22H,9-14H2,1-4H3,(H,26,27)(H,29,30)/t17-,19-,21+,22-,24+,25+/m1/s1. The van der Waals surface area contributed by atoms with E-state index in [2.05, 4.69) is 38.2 Å². The molecule has 6 atom stereocenters. The molecule has 3 saturated heterocycles. The highest BCUT2D eigenvalue weighted by Crippen LogP contribution is 2.61. The predicted molar refractivity (Wildman–Crippen MR) is 124 cm³/mol. The Kier molecular flexibility index (Phi) is 5.66. The molecular formula is C25H35N3O5. The fourth-order valence-corrected chi connectivity index (χ4v) is 5.98. The van der Waals surface area contributed by atoms with Crippen LogP contribution >= 0.6 is 0 Å². The molecule has 180 valence electrons. The van der Waals surface area contributed by atoms with Gasteiger partial charge in [0.05, 0.1) is 30.5 Å². The van der Waals surface area contributed by atoms with Gasteiger partial charge >= 0.3 is 6.09 Å². The number of ether oxygens (including phenoxy) is 3. The van der Waals surface area contributed by atoms with Crippen LogP contribution in [0, 0.1) is 5.92 Å². The number of carboxylic acid groups (broad SMARTS) is 1. The van der Waals surface area contributed by atoms with Crippen LogP contribution in [0.3, 0.4) is 0 Å². The van der Waals surface area contributed by atoms with Crippen LogP contribution < -0.4 is 5.32 Å². The number of pyridine rings is 1. The highest BCUT2D eigenvalue weighted by Gasteiger charge is 2.71. The van der Waals surface area contributed by atoms with Gasteiger partial charge in [0.2, 0.25) is 0 Å². The summed E-state index contributed by atoms with van der Waals surface area (Å²) in [5, 5.41) is 12.4. The van der Waals surface area contributed by atoms with E-state index in [4.69, 9.17) is 24.3 Å². The predicted octanol–water partition coefficient (Wildman–Crippen LogP) is 3.65. The van der Waals surface area contributed by atoms with Crippen LogP contribution in [0.15, 0.2) is 29.8 Å². The van der Waals surface area contributed by atoms with Crippen molar-refractivity contribution >= 4 is 11.9 Å². The van der Waals surface area contributed by atoms with Gasteiger partial charge in [-0.15, -0.1) is 0 Å². The number of carbonyl (C=O) groups is 1. The van der Waals surface area contributed by atoms with Gasteiger partial charge in [0.1, 0.15) is 11.4 Å². The zero-order valence-electron chi connectivity index (χ0n) is 19.9. The van der Waals surface area contributed by atoms with E-state index in [1.807, 2.05) is 12.1 Å². The Morgan fingerprint density at radius 2 is 2.15 bits per heavy atom. The van der Waals surface area contributed by atoms with Crippen molar-refractivity contribution < 1.29 is 24.1 Å². The minimum atomic E-state index is -0.874. The summed E-state index contributed by atoms with van der Waals surface area (Å²) in [6, 6.07) is 6.14. The Hall–Kier alpha value is -2.16. The molecule has 0 radical (unpaired) electrons. The number of allylic oxidation sites excluding steroid dienone is 1. The Morgan fingerprint density at radius 3 is 2.79 bits per heavy atom. The number of nitrogens with one attached hydrogen (secondary N) is 1. The average Bonchev–Trinajstić information content (AvgIpc) is 3.66. The molecule has 8 heteroatoms. The molecule has 8 nitrogen and oxygen atoms in total. The van der Waals surface area contributed by atoms with Crippen molar-refractivity contribution in [2.75, 3.05) is 32.1 Å². The second-order valence-electron chi connectivity index (χ2n) is 10.5. The van der Waals surface area contributed by atoms with Crippen LogP contribution in [0.5, 0.6) is 0 Å². The summed E-state index contributed by atoms with van der Waals surface area (Å²) in [4.78, 5) is 17.3. The normalized spacial score (nSPS) is 37.4. The van der Waals surface area contributed by atoms with Crippen molar-refractivity contribution in [3.8, 4) is 0 Å². The molecule has 4 aliphatic rings. The van der Waals surface area contributed by atoms with Gasteiger partial charge in [0.15, 0.2) is 0 Å². The van der Waals surface area contributed by atoms with E-state index >= 15 is 0 Å². The Bertz CT molecular complexity index is 938. The van der Waals surface area contributed by atoms with E-state index in [1.165, 1.54) is 10.5 Å². The summed E-state index contributed by atoms with van der Waals surface area (Å²) in [6.45, 7) is 8.20. The van der Waals surface area contributed by atoms with Gasteiger partial charge in [-0.2, -0.15) is 0 Å². The maximum atomic E-state index is 11.0. The molecule has 4 fully saturated rings. The number of hydrogen-bond acceptors (Lipinski definition) is 6. The van der Waals surface area contributed by atoms with Crippen LogP contribution in [0.25, 0.3) is 0 Å². The first kappa shape index (κ1) is 22.6. The number of epoxide rings is 2. The first-order chi connectivity index (χ1) is 15.8. The third kappa shape index (κ3) is 4.13. The van der Waals surface area contributed by atoms with Crippen LogP contribution in [0.2, 0.25) is 0 Å². The lowest BCUT2D eigenvalue weighted by Gasteiger charge is -2.43. The van der Waals surface area contributed by atoms with E-state index in [0.717, 1.165) is 37.4 Å². The quantitative estimate of drug-likeness (QED) is 0.476. The second-order valence-corrected chi connectivity index (χ2v) is 10.5. The average molecular weight is 458 g/mol. The molecule has 33 heavy (non-hydrogen) atoms. The second kappa shape index (κ2) is 8.25. The lowest BCUT2D eigenvalue weighted by atomic mass is 9.64. The fraction of sp³-hybridized carbons (Fsp3) is 0.680. The molecule has 0 bridgehead atoms. The van der Waals surface area contributed by atoms with Crippen molar-refractivity contribution in [1.82, 2.24) is 9.88 Å². The number of rotatable bonds is 7. The highest BCUT2D eigenvalue weighted by molar-refractivity contribution is 5.66. The van der Waals surface area contributed by atoms with Crippen LogP contribution in [-0.4, -0.2) is 77.3 Å². The summed E-state index contributed by atoms with van der Waals surface area (Å²) in [5.74, 6) is 1.09. The van der Waals surface area contributed by atoms with Gasteiger partial charge in [-0.05, 0) is 52.2 Å². The SMILES string of the molecule is CO[C@H]1[C@@H](c2cccc(NC3CN(C(=O)O)C3)n2)CC[C@]2(CO2)[C@H]1[C@@]1(C)O[C@@H]1CC=C(C)C. The zero-order chi connectivity index (χ0) is 23.4. The minimum absolute atomic E-state index is 0.0445. The molecule has 1 saturated carbocycles. The molecule has 3 aliphatic heterocycles. The van der Waals surface area contributed by atoms with Gasteiger partial charge in [-0.1, -0.05) is 17.7 Å². The number of amides is 1. The molecule has 1 amide bonds. The van der Waals surface area contributed by atoms with Crippen molar-refractivity contribution in [3.63, 3.8) is 0 Å². The van der Waals surface area contributed by atoms with Gasteiger partial charge in [0.25, 0.3) is 0 Å². The third-order valence-electron chi connectivity index (χ3n) is 7.95. The summed E-state index contributed by atoms with van der Waals surface area (Å²) < 4.78 is 18.6. The minimum Gasteiger partial charge on any atom is -0.465 e. The molecule has 1 spiro atoms. The molecule has 1 aromatic rings. The molecule has 4 heterocycles. The number of hydrogen-bond donors (Lipinski definition) is 2. The topological polar surface area (TPSA) is 99.8 Å². The molecule has 1 aliphatic carbocycles. The van der Waals surface area contributed by atoms with Crippen molar-refractivity contribution in [1.29, 1.82) is 0 Å². The molecule has 0 unspecified atom stereocenters. The molecule has 5 rings (SSSR count). The first-order valence-corrected chi connectivity index (χ1v) is 11.9. The Balaban J connectivity index is 1.33. The summed E-state index contributed by atoms with van der Waals surface area (Å²) in [7, 11) is 1.79. The molecular weight excluding hydrogens is 422 g/mol. The number of aromatic nitrogens is 1. The van der Waals surface area contributed by atoms with E-state index in [9.17, 15) is 4.79 Å². The van der Waals surface area contributed by atoms with Crippen molar-refractivity contribution in [3.05, 3.63) is 35.5 Å². The van der Waals surface area contributed by atoms with Crippen molar-refractivity contribution in [2.45, 2.75) is 75.4 Å². The smallest absolute Gasteiger partial charge is 0.407 e. The maximum absolute atomic E-state index is 11.0. The van der Waals surface area contributed by atoms with Gasteiger partial charge in [-0.3, -0.25) is 0 Å². The maximum Gasteiger partial charge on any atom is 0.407 e. The van der Waals surface area contributed by atoms with Crippen molar-refractivity contribution in [2.24, 2.45) is 5.92 Å². The summed E-state index contributed by atoms with van der Waals surface area (Å²) in [6.07, 6.45) is 4.37.